The SMILES string of the molecule is CCOCCn1c(-c2ccc(N3[C@@H](C)CC[C@@H]3C)nc2)nc2cc(C(=O)O)cnc21. The van der Waals surface area contributed by atoms with Crippen LogP contribution in [0.15, 0.2) is 30.6 Å². The van der Waals surface area contributed by atoms with Crippen LogP contribution in [0.1, 0.15) is 44.0 Å². The summed E-state index contributed by atoms with van der Waals surface area (Å²) in [5.74, 6) is 0.663. The van der Waals surface area contributed by atoms with Gasteiger partial charge in [-0.25, -0.2) is 19.7 Å². The van der Waals surface area contributed by atoms with Crippen LogP contribution in [0.2, 0.25) is 0 Å². The number of carboxylic acids is 1. The first-order chi connectivity index (χ1) is 14.5. The molecule has 0 radical (unpaired) electrons. The van der Waals surface area contributed by atoms with Crippen LogP contribution >= 0.6 is 0 Å². The Morgan fingerprint density at radius 2 is 1.97 bits per heavy atom. The summed E-state index contributed by atoms with van der Waals surface area (Å²) < 4.78 is 7.49. The second-order valence-electron chi connectivity index (χ2n) is 7.74. The fraction of sp³-hybridized carbons (Fsp3) is 0.455. The molecule has 1 saturated heterocycles. The van der Waals surface area contributed by atoms with Crippen LogP contribution in [0.3, 0.4) is 0 Å². The first kappa shape index (κ1) is 20.3. The largest absolute Gasteiger partial charge is 0.478 e. The number of fused-ring (bicyclic) bond motifs is 1. The van der Waals surface area contributed by atoms with Gasteiger partial charge >= 0.3 is 5.97 Å². The van der Waals surface area contributed by atoms with Gasteiger partial charge < -0.3 is 19.3 Å². The normalized spacial score (nSPS) is 19.0. The van der Waals surface area contributed by atoms with Crippen molar-refractivity contribution < 1.29 is 14.6 Å². The number of hydrogen-bond acceptors (Lipinski definition) is 6. The first-order valence-corrected chi connectivity index (χ1v) is 10.4. The van der Waals surface area contributed by atoms with Gasteiger partial charge in [-0.15, -0.1) is 0 Å². The number of pyridine rings is 2. The average molecular weight is 409 g/mol. The number of nitrogens with zero attached hydrogens (tertiary/aromatic N) is 5. The van der Waals surface area contributed by atoms with Crippen molar-refractivity contribution in [3.8, 4) is 11.4 Å². The minimum absolute atomic E-state index is 0.119. The summed E-state index contributed by atoms with van der Waals surface area (Å²) in [6.07, 6.45) is 5.55. The molecule has 0 amide bonds. The Bertz CT molecular complexity index is 1040. The molecule has 0 unspecified atom stereocenters. The highest BCUT2D eigenvalue weighted by molar-refractivity contribution is 5.91. The fourth-order valence-corrected chi connectivity index (χ4v) is 4.18. The van der Waals surface area contributed by atoms with Gasteiger partial charge in [-0.3, -0.25) is 0 Å². The zero-order chi connectivity index (χ0) is 21.3. The van der Waals surface area contributed by atoms with Gasteiger partial charge in [0, 0.05) is 43.2 Å². The van der Waals surface area contributed by atoms with Crippen molar-refractivity contribution in [3.05, 3.63) is 36.2 Å². The van der Waals surface area contributed by atoms with E-state index in [0.717, 1.165) is 11.4 Å². The minimum atomic E-state index is -1.02. The molecule has 8 heteroatoms. The second kappa shape index (κ2) is 8.39. The predicted molar refractivity (Wildman–Crippen MR) is 115 cm³/mol. The summed E-state index contributed by atoms with van der Waals surface area (Å²) in [5, 5.41) is 9.28. The quantitative estimate of drug-likeness (QED) is 0.596. The molecule has 1 N–H and O–H groups in total. The standard InChI is InChI=1S/C22H27N5O3/c1-4-30-10-9-26-20(25-18-11-17(22(28)29)13-24-21(18)26)16-7-8-19(23-12-16)27-14(2)5-6-15(27)3/h7-8,11-15H,4-6,9-10H2,1-3H3,(H,28,29)/t14-,15-/m0/s1. The highest BCUT2D eigenvalue weighted by atomic mass is 16.5. The molecule has 2 atom stereocenters. The van der Waals surface area contributed by atoms with Gasteiger partial charge in [0.2, 0.25) is 0 Å². The molecular weight excluding hydrogens is 382 g/mol. The van der Waals surface area contributed by atoms with Crippen molar-refractivity contribution in [2.24, 2.45) is 0 Å². The Morgan fingerprint density at radius 1 is 1.20 bits per heavy atom. The van der Waals surface area contributed by atoms with Gasteiger partial charge in [-0.2, -0.15) is 0 Å². The predicted octanol–water partition coefficient (Wildman–Crippen LogP) is 3.61. The van der Waals surface area contributed by atoms with Crippen LogP contribution in [0.4, 0.5) is 5.82 Å². The van der Waals surface area contributed by atoms with Crippen molar-refractivity contribution >= 4 is 23.0 Å². The molecule has 0 bridgehead atoms. The first-order valence-electron chi connectivity index (χ1n) is 10.4. The van der Waals surface area contributed by atoms with E-state index in [2.05, 4.69) is 28.7 Å². The molecular formula is C22H27N5O3. The lowest BCUT2D eigenvalue weighted by Gasteiger charge is -2.27. The Morgan fingerprint density at radius 3 is 2.60 bits per heavy atom. The van der Waals surface area contributed by atoms with E-state index >= 15 is 0 Å². The number of carbonyl (C=O) groups is 1. The van der Waals surface area contributed by atoms with Gasteiger partial charge in [0.15, 0.2) is 5.65 Å². The van der Waals surface area contributed by atoms with Crippen LogP contribution in [0, 0.1) is 0 Å². The zero-order valence-electron chi connectivity index (χ0n) is 17.6. The Balaban J connectivity index is 1.72. The van der Waals surface area contributed by atoms with Crippen LogP contribution in [-0.2, 0) is 11.3 Å². The molecule has 8 nitrogen and oxygen atoms in total. The van der Waals surface area contributed by atoms with Crippen molar-refractivity contribution in [2.45, 2.75) is 52.2 Å². The van der Waals surface area contributed by atoms with Crippen molar-refractivity contribution in [1.82, 2.24) is 19.5 Å². The van der Waals surface area contributed by atoms with Crippen molar-refractivity contribution in [1.29, 1.82) is 0 Å². The number of carboxylic acid groups (broad SMARTS) is 1. The van der Waals surface area contributed by atoms with Gasteiger partial charge in [0.05, 0.1) is 12.2 Å². The van der Waals surface area contributed by atoms with E-state index in [0.29, 0.717) is 48.8 Å². The van der Waals surface area contributed by atoms with E-state index in [1.807, 2.05) is 29.8 Å². The third kappa shape index (κ3) is 3.75. The molecule has 3 aromatic rings. The summed E-state index contributed by atoms with van der Waals surface area (Å²) in [5.41, 5.74) is 2.17. The molecule has 4 heterocycles. The summed E-state index contributed by atoms with van der Waals surface area (Å²) in [6, 6.07) is 6.58. The smallest absolute Gasteiger partial charge is 0.337 e. The van der Waals surface area contributed by atoms with Crippen LogP contribution < -0.4 is 4.90 Å². The maximum atomic E-state index is 11.3. The van der Waals surface area contributed by atoms with E-state index in [9.17, 15) is 9.90 Å². The topological polar surface area (TPSA) is 93.4 Å². The molecule has 4 rings (SSSR count). The van der Waals surface area contributed by atoms with E-state index in [1.165, 1.54) is 19.0 Å². The molecule has 158 valence electrons. The van der Waals surface area contributed by atoms with E-state index in [-0.39, 0.29) is 5.56 Å². The Hall–Kier alpha value is -3.00. The summed E-state index contributed by atoms with van der Waals surface area (Å²) in [6.45, 7) is 8.14. The maximum Gasteiger partial charge on any atom is 0.337 e. The van der Waals surface area contributed by atoms with Crippen LogP contribution in [0.5, 0.6) is 0 Å². The number of aromatic nitrogens is 4. The van der Waals surface area contributed by atoms with E-state index in [4.69, 9.17) is 9.72 Å². The number of anilines is 1. The second-order valence-corrected chi connectivity index (χ2v) is 7.74. The number of hydrogen-bond donors (Lipinski definition) is 1. The van der Waals surface area contributed by atoms with Crippen molar-refractivity contribution in [2.75, 3.05) is 18.1 Å². The van der Waals surface area contributed by atoms with Gasteiger partial charge in [-0.1, -0.05) is 0 Å². The molecule has 3 aromatic heterocycles. The molecule has 0 aliphatic carbocycles. The van der Waals surface area contributed by atoms with Gasteiger partial charge in [0.1, 0.15) is 17.2 Å². The lowest BCUT2D eigenvalue weighted by atomic mass is 10.2. The molecule has 30 heavy (non-hydrogen) atoms. The number of rotatable bonds is 7. The highest BCUT2D eigenvalue weighted by Gasteiger charge is 2.28. The minimum Gasteiger partial charge on any atom is -0.478 e. The molecule has 1 aliphatic rings. The van der Waals surface area contributed by atoms with Gasteiger partial charge in [-0.05, 0) is 51.8 Å². The zero-order valence-corrected chi connectivity index (χ0v) is 17.6. The number of aromatic carboxylic acids is 1. The van der Waals surface area contributed by atoms with Gasteiger partial charge in [0.25, 0.3) is 0 Å². The Kier molecular flexibility index (Phi) is 5.67. The lowest BCUT2D eigenvalue weighted by Crippen LogP contribution is -2.33. The number of imidazole rings is 1. The highest BCUT2D eigenvalue weighted by Crippen LogP contribution is 2.30. The maximum absolute atomic E-state index is 11.3. The molecule has 1 fully saturated rings. The summed E-state index contributed by atoms with van der Waals surface area (Å²) in [7, 11) is 0. The Labute approximate surface area is 175 Å². The molecule has 0 spiro atoms. The van der Waals surface area contributed by atoms with E-state index in [1.54, 1.807) is 6.07 Å². The van der Waals surface area contributed by atoms with Crippen LogP contribution in [0.25, 0.3) is 22.6 Å². The molecule has 0 aromatic carbocycles. The summed E-state index contributed by atoms with van der Waals surface area (Å²) in [4.78, 5) is 27.5. The number of ether oxygens (including phenoxy) is 1. The lowest BCUT2D eigenvalue weighted by molar-refractivity contribution is 0.0696. The summed E-state index contributed by atoms with van der Waals surface area (Å²) >= 11 is 0. The molecule has 1 aliphatic heterocycles. The fourth-order valence-electron chi connectivity index (χ4n) is 4.18. The monoisotopic (exact) mass is 409 g/mol. The molecule has 0 saturated carbocycles. The average Bonchev–Trinajstić information content (AvgIpc) is 3.27. The third-order valence-electron chi connectivity index (χ3n) is 5.72. The van der Waals surface area contributed by atoms with Crippen LogP contribution in [-0.4, -0.2) is 55.9 Å². The van der Waals surface area contributed by atoms with E-state index < -0.39 is 5.97 Å². The third-order valence-corrected chi connectivity index (χ3v) is 5.72. The van der Waals surface area contributed by atoms with Crippen molar-refractivity contribution in [3.63, 3.8) is 0 Å².